The van der Waals surface area contributed by atoms with Crippen LogP contribution in [0.3, 0.4) is 0 Å². The molecule has 0 fully saturated rings. The summed E-state index contributed by atoms with van der Waals surface area (Å²) < 4.78 is 1.02. The summed E-state index contributed by atoms with van der Waals surface area (Å²) in [6, 6.07) is 12.0. The van der Waals surface area contributed by atoms with Crippen molar-refractivity contribution in [3.63, 3.8) is 0 Å². The van der Waals surface area contributed by atoms with Gasteiger partial charge in [0.15, 0.2) is 0 Å². The van der Waals surface area contributed by atoms with E-state index in [2.05, 4.69) is 31.9 Å². The third kappa shape index (κ3) is 3.55. The molecule has 0 aliphatic heterocycles. The summed E-state index contributed by atoms with van der Waals surface area (Å²) >= 11 is 8.47. The lowest BCUT2D eigenvalue weighted by atomic mass is 10.1. The summed E-state index contributed by atoms with van der Waals surface area (Å²) in [5, 5.41) is 0. The Morgan fingerprint density at radius 3 is 2.75 bits per heavy atom. The molecule has 1 aromatic heterocycles. The average molecular weight is 350 g/mol. The van der Waals surface area contributed by atoms with Crippen LogP contribution in [0.25, 0.3) is 0 Å². The zero-order valence-corrected chi connectivity index (χ0v) is 13.8. The van der Waals surface area contributed by atoms with Crippen molar-refractivity contribution in [3.05, 3.63) is 57.7 Å². The summed E-state index contributed by atoms with van der Waals surface area (Å²) in [6.45, 7) is 2.74. The highest BCUT2D eigenvalue weighted by Gasteiger charge is 2.06. The lowest BCUT2D eigenvalue weighted by molar-refractivity contribution is 0.891. The van der Waals surface area contributed by atoms with Gasteiger partial charge in [-0.15, -0.1) is 0 Å². The Labute approximate surface area is 132 Å². The number of halogens is 1. The summed E-state index contributed by atoms with van der Waals surface area (Å²) in [6.07, 6.45) is 0. The van der Waals surface area contributed by atoms with Crippen molar-refractivity contribution in [2.45, 2.75) is 13.5 Å². The van der Waals surface area contributed by atoms with Gasteiger partial charge in [0.05, 0.1) is 5.69 Å². The molecule has 0 unspecified atom stereocenters. The Hall–Kier alpha value is -1.46. The van der Waals surface area contributed by atoms with E-state index in [0.717, 1.165) is 33.7 Å². The van der Waals surface area contributed by atoms with Crippen molar-refractivity contribution in [2.24, 2.45) is 5.73 Å². The lowest BCUT2D eigenvalue weighted by Gasteiger charge is -2.19. The molecule has 2 rings (SSSR count). The van der Waals surface area contributed by atoms with Crippen LogP contribution in [0.1, 0.15) is 16.8 Å². The van der Waals surface area contributed by atoms with Crippen LogP contribution in [0.4, 0.5) is 5.82 Å². The molecule has 104 valence electrons. The minimum Gasteiger partial charge on any atom is -0.389 e. The van der Waals surface area contributed by atoms with E-state index >= 15 is 0 Å². The Morgan fingerprint density at radius 2 is 2.10 bits per heavy atom. The summed E-state index contributed by atoms with van der Waals surface area (Å²) in [4.78, 5) is 7.07. The first-order valence-corrected chi connectivity index (χ1v) is 7.40. The summed E-state index contributed by atoms with van der Waals surface area (Å²) in [5.41, 5.74) is 8.69. The molecule has 3 nitrogen and oxygen atoms in total. The maximum Gasteiger partial charge on any atom is 0.128 e. The van der Waals surface area contributed by atoms with Crippen LogP contribution < -0.4 is 10.6 Å². The Morgan fingerprint density at radius 1 is 1.35 bits per heavy atom. The van der Waals surface area contributed by atoms with Crippen LogP contribution in [0.2, 0.25) is 0 Å². The van der Waals surface area contributed by atoms with Crippen molar-refractivity contribution in [3.8, 4) is 0 Å². The van der Waals surface area contributed by atoms with Gasteiger partial charge in [-0.05, 0) is 46.6 Å². The molecular formula is C15H16BrN3S. The second-order valence-corrected chi connectivity index (χ2v) is 5.95. The molecule has 0 saturated heterocycles. The predicted octanol–water partition coefficient (Wildman–Crippen LogP) is 3.42. The maximum absolute atomic E-state index is 5.66. The standard InChI is InChI=1S/C15H16BrN3S/c1-10-13(16)6-7-14(18-10)19(2)9-11-4-3-5-12(8-11)15(17)20/h3-8H,9H2,1-2H3,(H2,17,20). The summed E-state index contributed by atoms with van der Waals surface area (Å²) in [7, 11) is 2.02. The highest BCUT2D eigenvalue weighted by molar-refractivity contribution is 9.10. The Kier molecular flexibility index (Phi) is 4.73. The minimum atomic E-state index is 0.423. The van der Waals surface area contributed by atoms with E-state index in [9.17, 15) is 0 Å². The first kappa shape index (κ1) is 14.9. The van der Waals surface area contributed by atoms with Crippen molar-refractivity contribution in [1.29, 1.82) is 0 Å². The molecule has 0 atom stereocenters. The van der Waals surface area contributed by atoms with Crippen molar-refractivity contribution >= 4 is 39.0 Å². The Balaban J connectivity index is 2.18. The van der Waals surface area contributed by atoms with Gasteiger partial charge in [-0.25, -0.2) is 4.98 Å². The zero-order chi connectivity index (χ0) is 14.7. The van der Waals surface area contributed by atoms with E-state index in [1.165, 1.54) is 0 Å². The zero-order valence-electron chi connectivity index (χ0n) is 11.4. The maximum atomic E-state index is 5.66. The molecule has 1 aromatic carbocycles. The van der Waals surface area contributed by atoms with Crippen LogP contribution in [0.5, 0.6) is 0 Å². The van der Waals surface area contributed by atoms with Crippen LogP contribution in [0.15, 0.2) is 40.9 Å². The van der Waals surface area contributed by atoms with Gasteiger partial charge in [0, 0.05) is 23.6 Å². The molecule has 2 N–H and O–H groups in total. The highest BCUT2D eigenvalue weighted by atomic mass is 79.9. The number of thiocarbonyl (C=S) groups is 1. The van der Waals surface area contributed by atoms with E-state index in [1.54, 1.807) is 0 Å². The molecule has 0 saturated carbocycles. The van der Waals surface area contributed by atoms with Gasteiger partial charge < -0.3 is 10.6 Å². The highest BCUT2D eigenvalue weighted by Crippen LogP contribution is 2.19. The number of aromatic nitrogens is 1. The summed E-state index contributed by atoms with van der Waals surface area (Å²) in [5.74, 6) is 0.937. The normalized spacial score (nSPS) is 10.3. The van der Waals surface area contributed by atoms with Gasteiger partial charge in [-0.3, -0.25) is 0 Å². The van der Waals surface area contributed by atoms with E-state index in [1.807, 2.05) is 44.3 Å². The van der Waals surface area contributed by atoms with Gasteiger partial charge in [0.25, 0.3) is 0 Å². The van der Waals surface area contributed by atoms with Gasteiger partial charge in [-0.2, -0.15) is 0 Å². The van der Waals surface area contributed by atoms with Crippen molar-refractivity contribution in [2.75, 3.05) is 11.9 Å². The number of rotatable bonds is 4. The van der Waals surface area contributed by atoms with Crippen molar-refractivity contribution < 1.29 is 0 Å². The molecule has 2 aromatic rings. The average Bonchev–Trinajstić information content (AvgIpc) is 2.42. The molecule has 0 aliphatic rings. The number of hydrogen-bond acceptors (Lipinski definition) is 3. The third-order valence-corrected chi connectivity index (χ3v) is 4.10. The molecule has 0 amide bonds. The fourth-order valence-electron chi connectivity index (χ4n) is 1.92. The molecule has 5 heteroatoms. The number of benzene rings is 1. The fraction of sp³-hybridized carbons (Fsp3) is 0.200. The monoisotopic (exact) mass is 349 g/mol. The van der Waals surface area contributed by atoms with Gasteiger partial charge in [0.1, 0.15) is 10.8 Å². The number of anilines is 1. The fourth-order valence-corrected chi connectivity index (χ4v) is 2.27. The molecule has 0 bridgehead atoms. The Bertz CT molecular complexity index is 643. The van der Waals surface area contributed by atoms with Crippen LogP contribution >= 0.6 is 28.1 Å². The van der Waals surface area contributed by atoms with Crippen molar-refractivity contribution in [1.82, 2.24) is 4.98 Å². The van der Waals surface area contributed by atoms with Gasteiger partial charge >= 0.3 is 0 Å². The molecule has 20 heavy (non-hydrogen) atoms. The number of aryl methyl sites for hydroxylation is 1. The van der Waals surface area contributed by atoms with E-state index < -0.39 is 0 Å². The topological polar surface area (TPSA) is 42.2 Å². The van der Waals surface area contributed by atoms with E-state index in [-0.39, 0.29) is 0 Å². The second kappa shape index (κ2) is 6.33. The first-order valence-electron chi connectivity index (χ1n) is 6.20. The molecule has 0 radical (unpaired) electrons. The molecular weight excluding hydrogens is 334 g/mol. The second-order valence-electron chi connectivity index (χ2n) is 4.66. The van der Waals surface area contributed by atoms with Crippen LogP contribution in [0, 0.1) is 6.92 Å². The largest absolute Gasteiger partial charge is 0.389 e. The predicted molar refractivity (Wildman–Crippen MR) is 91.1 cm³/mol. The number of pyridine rings is 1. The number of nitrogens with zero attached hydrogens (tertiary/aromatic N) is 2. The van der Waals surface area contributed by atoms with E-state index in [0.29, 0.717) is 4.99 Å². The minimum absolute atomic E-state index is 0.423. The smallest absolute Gasteiger partial charge is 0.128 e. The third-order valence-electron chi connectivity index (χ3n) is 3.03. The van der Waals surface area contributed by atoms with Crippen LogP contribution in [-0.2, 0) is 6.54 Å². The van der Waals surface area contributed by atoms with Gasteiger partial charge in [-0.1, -0.05) is 30.4 Å². The molecule has 0 aliphatic carbocycles. The molecule has 1 heterocycles. The first-order chi connectivity index (χ1) is 9.47. The SMILES string of the molecule is Cc1nc(N(C)Cc2cccc(C(N)=S)c2)ccc1Br. The molecule has 0 spiro atoms. The quantitative estimate of drug-likeness (QED) is 0.858. The number of nitrogens with two attached hydrogens (primary N) is 1. The van der Waals surface area contributed by atoms with Gasteiger partial charge in [0.2, 0.25) is 0 Å². The van der Waals surface area contributed by atoms with E-state index in [4.69, 9.17) is 18.0 Å². The number of hydrogen-bond donors (Lipinski definition) is 1. The lowest BCUT2D eigenvalue weighted by Crippen LogP contribution is -2.18. The van der Waals surface area contributed by atoms with Crippen LogP contribution in [-0.4, -0.2) is 17.0 Å².